The van der Waals surface area contributed by atoms with Gasteiger partial charge in [-0.05, 0) is 52.0 Å². The molecule has 2 rings (SSSR count). The number of rotatable bonds is 5. The third-order valence-corrected chi connectivity index (χ3v) is 3.94. The highest BCUT2D eigenvalue weighted by Crippen LogP contribution is 2.23. The molecular weight excluding hydrogens is 202 g/mol. The predicted molar refractivity (Wildman–Crippen MR) is 63.5 cm³/mol. The van der Waals surface area contributed by atoms with Gasteiger partial charge in [0, 0.05) is 13.0 Å². The minimum atomic E-state index is -0.226. The Balaban J connectivity index is 1.67. The van der Waals surface area contributed by atoms with Crippen molar-refractivity contribution in [2.45, 2.75) is 63.5 Å². The second-order valence-corrected chi connectivity index (χ2v) is 5.31. The Morgan fingerprint density at radius 1 is 1.50 bits per heavy atom. The summed E-state index contributed by atoms with van der Waals surface area (Å²) in [5.74, 6) is 0.392. The third kappa shape index (κ3) is 2.83. The van der Waals surface area contributed by atoms with Crippen LogP contribution in [0.3, 0.4) is 0 Å². The van der Waals surface area contributed by atoms with E-state index in [9.17, 15) is 4.79 Å². The minimum Gasteiger partial charge on any atom is -0.378 e. The molecule has 2 fully saturated rings. The summed E-state index contributed by atoms with van der Waals surface area (Å²) in [7, 11) is 0. The average molecular weight is 225 g/mol. The molecule has 0 aromatic rings. The number of carbonyl (C=O) groups excluding carboxylic acids is 1. The molecule has 1 N–H and O–H groups in total. The standard InChI is InChI=1S/C13H23NO2/c1-13(8-4-9-14-13)12(15)7-2-5-11-6-3-10-16-11/h11,14H,2-10H2,1H3. The summed E-state index contributed by atoms with van der Waals surface area (Å²) in [6, 6.07) is 0. The second kappa shape index (κ2) is 5.28. The first-order valence-corrected chi connectivity index (χ1v) is 6.61. The predicted octanol–water partition coefficient (Wildman–Crippen LogP) is 2.05. The molecule has 2 aliphatic rings. The highest BCUT2D eigenvalue weighted by atomic mass is 16.5. The quantitative estimate of drug-likeness (QED) is 0.778. The first kappa shape index (κ1) is 12.1. The minimum absolute atomic E-state index is 0.226. The van der Waals surface area contributed by atoms with Gasteiger partial charge < -0.3 is 10.1 Å². The number of Topliss-reactive ketones (excluding diaryl/α,β-unsaturated/α-hetero) is 1. The van der Waals surface area contributed by atoms with Crippen LogP contribution in [0.25, 0.3) is 0 Å². The highest BCUT2D eigenvalue weighted by Gasteiger charge is 2.34. The molecule has 0 aliphatic carbocycles. The molecule has 0 radical (unpaired) electrons. The van der Waals surface area contributed by atoms with E-state index in [0.717, 1.165) is 38.8 Å². The Morgan fingerprint density at radius 3 is 3.00 bits per heavy atom. The maximum atomic E-state index is 12.0. The van der Waals surface area contributed by atoms with Crippen molar-refractivity contribution in [1.29, 1.82) is 0 Å². The molecule has 3 nitrogen and oxygen atoms in total. The molecule has 0 aromatic heterocycles. The van der Waals surface area contributed by atoms with Crippen LogP contribution in [-0.2, 0) is 9.53 Å². The van der Waals surface area contributed by atoms with Crippen molar-refractivity contribution >= 4 is 5.78 Å². The molecule has 16 heavy (non-hydrogen) atoms. The van der Waals surface area contributed by atoms with E-state index in [1.54, 1.807) is 0 Å². The number of ketones is 1. The molecule has 2 heterocycles. The van der Waals surface area contributed by atoms with Gasteiger partial charge >= 0.3 is 0 Å². The van der Waals surface area contributed by atoms with E-state index >= 15 is 0 Å². The van der Waals surface area contributed by atoms with Crippen LogP contribution in [-0.4, -0.2) is 30.6 Å². The lowest BCUT2D eigenvalue weighted by atomic mass is 9.91. The number of hydrogen-bond donors (Lipinski definition) is 1. The Hall–Kier alpha value is -0.410. The van der Waals surface area contributed by atoms with E-state index in [1.807, 2.05) is 0 Å². The summed E-state index contributed by atoms with van der Waals surface area (Å²) in [5.41, 5.74) is -0.226. The van der Waals surface area contributed by atoms with Gasteiger partial charge in [0.2, 0.25) is 0 Å². The normalized spacial score (nSPS) is 34.4. The second-order valence-electron chi connectivity index (χ2n) is 5.31. The van der Waals surface area contributed by atoms with Crippen LogP contribution < -0.4 is 5.32 Å². The molecule has 0 bridgehead atoms. The first-order chi connectivity index (χ1) is 7.71. The van der Waals surface area contributed by atoms with Gasteiger partial charge in [-0.1, -0.05) is 0 Å². The largest absolute Gasteiger partial charge is 0.378 e. The van der Waals surface area contributed by atoms with Crippen molar-refractivity contribution in [3.63, 3.8) is 0 Å². The molecular formula is C13H23NO2. The molecule has 2 aliphatic heterocycles. The van der Waals surface area contributed by atoms with Crippen molar-refractivity contribution < 1.29 is 9.53 Å². The van der Waals surface area contributed by atoms with Crippen molar-refractivity contribution in [3.05, 3.63) is 0 Å². The third-order valence-electron chi connectivity index (χ3n) is 3.94. The maximum absolute atomic E-state index is 12.0. The summed E-state index contributed by atoms with van der Waals surface area (Å²) in [6.45, 7) is 3.96. The number of nitrogens with one attached hydrogen (secondary N) is 1. The van der Waals surface area contributed by atoms with Gasteiger partial charge in [-0.2, -0.15) is 0 Å². The van der Waals surface area contributed by atoms with Gasteiger partial charge in [0.1, 0.15) is 0 Å². The smallest absolute Gasteiger partial charge is 0.152 e. The van der Waals surface area contributed by atoms with E-state index in [4.69, 9.17) is 4.74 Å². The van der Waals surface area contributed by atoms with Crippen LogP contribution >= 0.6 is 0 Å². The van der Waals surface area contributed by atoms with E-state index in [1.165, 1.54) is 12.8 Å². The lowest BCUT2D eigenvalue weighted by Gasteiger charge is -2.22. The van der Waals surface area contributed by atoms with Gasteiger partial charge in [0.05, 0.1) is 11.6 Å². The molecule has 0 saturated carbocycles. The molecule has 3 heteroatoms. The Labute approximate surface area is 97.9 Å². The summed E-state index contributed by atoms with van der Waals surface area (Å²) >= 11 is 0. The Morgan fingerprint density at radius 2 is 2.38 bits per heavy atom. The Bertz CT molecular complexity index is 240. The van der Waals surface area contributed by atoms with Crippen LogP contribution in [0.4, 0.5) is 0 Å². The monoisotopic (exact) mass is 225 g/mol. The summed E-state index contributed by atoms with van der Waals surface area (Å²) < 4.78 is 5.56. The van der Waals surface area contributed by atoms with Gasteiger partial charge in [-0.25, -0.2) is 0 Å². The SMILES string of the molecule is CC1(C(=O)CCCC2CCCO2)CCCN1. The number of hydrogen-bond acceptors (Lipinski definition) is 3. The zero-order valence-electron chi connectivity index (χ0n) is 10.3. The molecule has 0 amide bonds. The topological polar surface area (TPSA) is 38.3 Å². The van der Waals surface area contributed by atoms with Crippen molar-refractivity contribution in [3.8, 4) is 0 Å². The van der Waals surface area contributed by atoms with Crippen molar-refractivity contribution in [2.75, 3.05) is 13.2 Å². The fourth-order valence-electron chi connectivity index (χ4n) is 2.77. The van der Waals surface area contributed by atoms with Crippen molar-refractivity contribution in [1.82, 2.24) is 5.32 Å². The fourth-order valence-corrected chi connectivity index (χ4v) is 2.77. The van der Waals surface area contributed by atoms with E-state index in [0.29, 0.717) is 18.3 Å². The molecule has 2 unspecified atom stereocenters. The summed E-state index contributed by atoms with van der Waals surface area (Å²) in [4.78, 5) is 12.0. The molecule has 92 valence electrons. The molecule has 2 saturated heterocycles. The van der Waals surface area contributed by atoms with Gasteiger partial charge in [-0.3, -0.25) is 4.79 Å². The van der Waals surface area contributed by atoms with E-state index < -0.39 is 0 Å². The lowest BCUT2D eigenvalue weighted by molar-refractivity contribution is -0.124. The summed E-state index contributed by atoms with van der Waals surface area (Å²) in [5, 5.41) is 3.33. The number of ether oxygens (including phenoxy) is 1. The molecule has 0 aromatic carbocycles. The first-order valence-electron chi connectivity index (χ1n) is 6.61. The summed E-state index contributed by atoms with van der Waals surface area (Å²) in [6.07, 6.45) is 7.70. The van der Waals surface area contributed by atoms with Gasteiger partial charge in [0.15, 0.2) is 5.78 Å². The molecule has 2 atom stereocenters. The number of carbonyl (C=O) groups is 1. The van der Waals surface area contributed by atoms with E-state index in [2.05, 4.69) is 12.2 Å². The lowest BCUT2D eigenvalue weighted by Crippen LogP contribution is -2.44. The van der Waals surface area contributed by atoms with Crippen LogP contribution in [0.2, 0.25) is 0 Å². The maximum Gasteiger partial charge on any atom is 0.152 e. The van der Waals surface area contributed by atoms with Gasteiger partial charge in [-0.15, -0.1) is 0 Å². The molecule has 0 spiro atoms. The van der Waals surface area contributed by atoms with Crippen LogP contribution in [0.1, 0.15) is 51.9 Å². The average Bonchev–Trinajstić information content (AvgIpc) is 2.90. The van der Waals surface area contributed by atoms with Crippen LogP contribution in [0, 0.1) is 0 Å². The zero-order valence-corrected chi connectivity index (χ0v) is 10.3. The van der Waals surface area contributed by atoms with E-state index in [-0.39, 0.29) is 5.54 Å². The van der Waals surface area contributed by atoms with Crippen LogP contribution in [0.5, 0.6) is 0 Å². The highest BCUT2D eigenvalue weighted by molar-refractivity contribution is 5.88. The van der Waals surface area contributed by atoms with Gasteiger partial charge in [0.25, 0.3) is 0 Å². The zero-order chi connectivity index (χ0) is 11.4. The fraction of sp³-hybridized carbons (Fsp3) is 0.923. The van der Waals surface area contributed by atoms with Crippen molar-refractivity contribution in [2.24, 2.45) is 0 Å². The van der Waals surface area contributed by atoms with Crippen LogP contribution in [0.15, 0.2) is 0 Å². The Kier molecular flexibility index (Phi) is 3.98.